The second-order valence-corrected chi connectivity index (χ2v) is 4.06. The second-order valence-electron chi connectivity index (χ2n) is 3.68. The molecule has 0 aliphatic carbocycles. The number of nitrogens with zero attached hydrogens (tertiary/aromatic N) is 4. The fourth-order valence-corrected chi connectivity index (χ4v) is 1.69. The number of aromatic nitrogens is 4. The van der Waals surface area contributed by atoms with Crippen LogP contribution in [0.2, 0.25) is 5.15 Å². The average molecular weight is 277 g/mol. The quantitative estimate of drug-likeness (QED) is 0.804. The zero-order chi connectivity index (χ0) is 13.5. The van der Waals surface area contributed by atoms with E-state index in [2.05, 4.69) is 15.1 Å². The van der Waals surface area contributed by atoms with E-state index >= 15 is 0 Å². The van der Waals surface area contributed by atoms with E-state index in [1.165, 1.54) is 6.07 Å². The molecule has 2 rings (SSSR count). The highest BCUT2D eigenvalue weighted by atomic mass is 35.5. The summed E-state index contributed by atoms with van der Waals surface area (Å²) in [6.07, 6.45) is -4.54. The predicted molar refractivity (Wildman–Crippen MR) is 58.6 cm³/mol. The number of aryl methyl sites for hydroxylation is 2. The topological polar surface area (TPSA) is 43.6 Å². The molecule has 2 aromatic heterocycles. The van der Waals surface area contributed by atoms with Crippen molar-refractivity contribution in [1.82, 2.24) is 19.7 Å². The van der Waals surface area contributed by atoms with E-state index in [1.54, 1.807) is 13.8 Å². The highest BCUT2D eigenvalue weighted by Gasteiger charge is 2.35. The van der Waals surface area contributed by atoms with Crippen LogP contribution in [-0.4, -0.2) is 19.7 Å². The van der Waals surface area contributed by atoms with Gasteiger partial charge in [-0.1, -0.05) is 11.6 Å². The van der Waals surface area contributed by atoms with E-state index in [-0.39, 0.29) is 11.0 Å². The smallest absolute Gasteiger partial charge is 0.238 e. The highest BCUT2D eigenvalue weighted by Crippen LogP contribution is 2.30. The van der Waals surface area contributed by atoms with Crippen LogP contribution in [0.5, 0.6) is 0 Å². The molecule has 0 aliphatic rings. The fourth-order valence-electron chi connectivity index (χ4n) is 1.46. The Morgan fingerprint density at radius 3 is 2.33 bits per heavy atom. The molecular formula is C10H8ClF3N4. The van der Waals surface area contributed by atoms with Crippen LogP contribution in [-0.2, 0) is 6.18 Å². The Kier molecular flexibility index (Phi) is 3.02. The number of hydrogen-bond acceptors (Lipinski definition) is 3. The van der Waals surface area contributed by atoms with Crippen molar-refractivity contribution in [3.63, 3.8) is 0 Å². The normalized spacial score (nSPS) is 11.9. The molecule has 0 fully saturated rings. The minimum Gasteiger partial charge on any atom is -0.238 e. The SMILES string of the molecule is Cc1cc(-n2nc(C(F)(F)F)cc2Cl)nc(C)n1. The van der Waals surface area contributed by atoms with E-state index < -0.39 is 11.9 Å². The maximum absolute atomic E-state index is 12.5. The molecular weight excluding hydrogens is 269 g/mol. The molecule has 0 unspecified atom stereocenters. The van der Waals surface area contributed by atoms with Gasteiger partial charge in [0.25, 0.3) is 0 Å². The summed E-state index contributed by atoms with van der Waals surface area (Å²) in [6.45, 7) is 3.35. The largest absolute Gasteiger partial charge is 0.435 e. The number of rotatable bonds is 1. The van der Waals surface area contributed by atoms with Gasteiger partial charge in [-0.25, -0.2) is 14.6 Å². The van der Waals surface area contributed by atoms with Gasteiger partial charge in [-0.3, -0.25) is 0 Å². The molecule has 2 heterocycles. The summed E-state index contributed by atoms with van der Waals surface area (Å²) in [6, 6.07) is 2.26. The molecule has 0 aliphatic heterocycles. The fraction of sp³-hybridized carbons (Fsp3) is 0.300. The van der Waals surface area contributed by atoms with Gasteiger partial charge in [0.15, 0.2) is 11.5 Å². The molecule has 0 amide bonds. The van der Waals surface area contributed by atoms with Crippen molar-refractivity contribution in [3.8, 4) is 5.82 Å². The van der Waals surface area contributed by atoms with E-state index in [0.29, 0.717) is 11.5 Å². The number of halogens is 4. The van der Waals surface area contributed by atoms with Crippen LogP contribution < -0.4 is 0 Å². The van der Waals surface area contributed by atoms with E-state index in [1.807, 2.05) is 0 Å². The lowest BCUT2D eigenvalue weighted by atomic mass is 10.4. The average Bonchev–Trinajstić information content (AvgIpc) is 2.58. The van der Waals surface area contributed by atoms with Gasteiger partial charge in [-0.15, -0.1) is 0 Å². The molecule has 0 atom stereocenters. The summed E-state index contributed by atoms with van der Waals surface area (Å²) in [5, 5.41) is 3.25. The Morgan fingerprint density at radius 2 is 1.83 bits per heavy atom. The second kappa shape index (κ2) is 4.24. The van der Waals surface area contributed by atoms with Gasteiger partial charge in [-0.2, -0.15) is 18.3 Å². The molecule has 0 bridgehead atoms. The van der Waals surface area contributed by atoms with Gasteiger partial charge < -0.3 is 0 Å². The molecule has 18 heavy (non-hydrogen) atoms. The molecule has 0 N–H and O–H groups in total. The van der Waals surface area contributed by atoms with Crippen LogP contribution >= 0.6 is 11.6 Å². The first-order valence-corrected chi connectivity index (χ1v) is 5.30. The first kappa shape index (κ1) is 12.8. The molecule has 0 aromatic carbocycles. The summed E-state index contributed by atoms with van der Waals surface area (Å²) in [5.74, 6) is 0.644. The summed E-state index contributed by atoms with van der Waals surface area (Å²) in [7, 11) is 0. The third-order valence-electron chi connectivity index (χ3n) is 2.13. The molecule has 96 valence electrons. The summed E-state index contributed by atoms with van der Waals surface area (Å²) < 4.78 is 38.4. The van der Waals surface area contributed by atoms with Crippen molar-refractivity contribution in [2.75, 3.05) is 0 Å². The third-order valence-corrected chi connectivity index (χ3v) is 2.40. The monoisotopic (exact) mass is 276 g/mol. The lowest BCUT2D eigenvalue weighted by Crippen LogP contribution is -2.08. The molecule has 2 aromatic rings. The Hall–Kier alpha value is -1.63. The van der Waals surface area contributed by atoms with Crippen LogP contribution in [0.4, 0.5) is 13.2 Å². The minimum atomic E-state index is -4.54. The molecule has 0 saturated carbocycles. The minimum absolute atomic E-state index is 0.153. The van der Waals surface area contributed by atoms with E-state index in [0.717, 1.165) is 10.7 Å². The summed E-state index contributed by atoms with van der Waals surface area (Å²) >= 11 is 5.73. The van der Waals surface area contributed by atoms with Crippen LogP contribution in [0, 0.1) is 13.8 Å². The van der Waals surface area contributed by atoms with Crippen LogP contribution in [0.25, 0.3) is 5.82 Å². The first-order valence-electron chi connectivity index (χ1n) is 4.93. The highest BCUT2D eigenvalue weighted by molar-refractivity contribution is 6.29. The third kappa shape index (κ3) is 2.45. The molecule has 0 spiro atoms. The van der Waals surface area contributed by atoms with Gasteiger partial charge in [0, 0.05) is 17.8 Å². The lowest BCUT2D eigenvalue weighted by molar-refractivity contribution is -0.141. The summed E-state index contributed by atoms with van der Waals surface area (Å²) in [4.78, 5) is 8.03. The van der Waals surface area contributed by atoms with Gasteiger partial charge >= 0.3 is 6.18 Å². The van der Waals surface area contributed by atoms with Crippen molar-refractivity contribution in [3.05, 3.63) is 34.5 Å². The zero-order valence-electron chi connectivity index (χ0n) is 9.46. The molecule has 0 radical (unpaired) electrons. The number of hydrogen-bond donors (Lipinski definition) is 0. The standard InChI is InChI=1S/C10H8ClF3N4/c1-5-3-9(16-6(2)15-5)18-8(11)4-7(17-18)10(12,13)14/h3-4H,1-2H3. The Morgan fingerprint density at radius 1 is 1.17 bits per heavy atom. The Labute approximate surface area is 105 Å². The molecule has 4 nitrogen and oxygen atoms in total. The van der Waals surface area contributed by atoms with Gasteiger partial charge in [-0.05, 0) is 13.8 Å². The number of alkyl halides is 3. The van der Waals surface area contributed by atoms with Crippen molar-refractivity contribution < 1.29 is 13.2 Å². The maximum atomic E-state index is 12.5. The Balaban J connectivity index is 2.54. The van der Waals surface area contributed by atoms with E-state index in [4.69, 9.17) is 11.6 Å². The maximum Gasteiger partial charge on any atom is 0.435 e. The molecule has 0 saturated heterocycles. The lowest BCUT2D eigenvalue weighted by Gasteiger charge is -2.04. The van der Waals surface area contributed by atoms with Crippen molar-refractivity contribution in [2.24, 2.45) is 0 Å². The van der Waals surface area contributed by atoms with Gasteiger partial charge in [0.05, 0.1) is 0 Å². The summed E-state index contributed by atoms with van der Waals surface area (Å²) in [5.41, 5.74) is -0.431. The van der Waals surface area contributed by atoms with Crippen molar-refractivity contribution in [1.29, 1.82) is 0 Å². The van der Waals surface area contributed by atoms with Gasteiger partial charge in [0.2, 0.25) is 0 Å². The van der Waals surface area contributed by atoms with Crippen molar-refractivity contribution in [2.45, 2.75) is 20.0 Å². The van der Waals surface area contributed by atoms with Gasteiger partial charge in [0.1, 0.15) is 11.0 Å². The van der Waals surface area contributed by atoms with E-state index in [9.17, 15) is 13.2 Å². The van der Waals surface area contributed by atoms with Crippen LogP contribution in [0.1, 0.15) is 17.2 Å². The first-order chi connectivity index (χ1) is 8.27. The van der Waals surface area contributed by atoms with Crippen LogP contribution in [0.3, 0.4) is 0 Å². The van der Waals surface area contributed by atoms with Crippen LogP contribution in [0.15, 0.2) is 12.1 Å². The van der Waals surface area contributed by atoms with Crippen molar-refractivity contribution >= 4 is 11.6 Å². The zero-order valence-corrected chi connectivity index (χ0v) is 10.2. The predicted octanol–water partition coefficient (Wildman–Crippen LogP) is 2.95. The Bertz CT molecular complexity index is 571. The molecule has 8 heteroatoms.